The van der Waals surface area contributed by atoms with E-state index in [0.717, 1.165) is 15.6 Å². The van der Waals surface area contributed by atoms with Gasteiger partial charge < -0.3 is 5.73 Å². The first-order chi connectivity index (χ1) is 6.76. The van der Waals surface area contributed by atoms with E-state index in [2.05, 4.69) is 6.07 Å². The molecule has 14 heavy (non-hydrogen) atoms. The Balaban J connectivity index is 2.76. The summed E-state index contributed by atoms with van der Waals surface area (Å²) >= 11 is 7.15. The van der Waals surface area contributed by atoms with Crippen molar-refractivity contribution in [2.24, 2.45) is 0 Å². The van der Waals surface area contributed by atoms with Gasteiger partial charge in [-0.3, -0.25) is 0 Å². The van der Waals surface area contributed by atoms with E-state index < -0.39 is 0 Å². The highest BCUT2D eigenvalue weighted by atomic mass is 35.5. The van der Waals surface area contributed by atoms with Crippen molar-refractivity contribution in [2.45, 2.75) is 5.88 Å². The predicted molar refractivity (Wildman–Crippen MR) is 60.5 cm³/mol. The number of nitrogens with zero attached hydrogens (tertiary/aromatic N) is 1. The topological polar surface area (TPSA) is 49.8 Å². The fourth-order valence-corrected chi connectivity index (χ4v) is 2.51. The summed E-state index contributed by atoms with van der Waals surface area (Å²) in [5.41, 5.74) is 7.34. The van der Waals surface area contributed by atoms with Gasteiger partial charge in [0.25, 0.3) is 0 Å². The number of hydrogen-bond donors (Lipinski definition) is 1. The molecule has 0 fully saturated rings. The molecule has 0 saturated carbocycles. The first-order valence-electron chi connectivity index (χ1n) is 4.03. The van der Waals surface area contributed by atoms with Gasteiger partial charge in [-0.2, -0.15) is 5.26 Å². The number of nitriles is 1. The summed E-state index contributed by atoms with van der Waals surface area (Å²) in [6.07, 6.45) is 0. The Morgan fingerprint density at radius 1 is 1.50 bits per heavy atom. The van der Waals surface area contributed by atoms with Crippen LogP contribution >= 0.6 is 22.9 Å². The Kier molecular flexibility index (Phi) is 2.32. The molecule has 0 amide bonds. The molecule has 0 aliphatic heterocycles. The van der Waals surface area contributed by atoms with Crippen LogP contribution in [0.2, 0.25) is 0 Å². The van der Waals surface area contributed by atoms with E-state index in [1.807, 2.05) is 18.2 Å². The molecule has 1 aromatic carbocycles. The van der Waals surface area contributed by atoms with Gasteiger partial charge in [-0.05, 0) is 11.6 Å². The molecule has 4 heteroatoms. The Morgan fingerprint density at radius 3 is 2.93 bits per heavy atom. The van der Waals surface area contributed by atoms with Gasteiger partial charge in [0, 0.05) is 16.0 Å². The molecule has 0 atom stereocenters. The number of nitrogens with two attached hydrogens (primary N) is 1. The molecule has 0 saturated heterocycles. The highest BCUT2D eigenvalue weighted by Crippen LogP contribution is 2.33. The van der Waals surface area contributed by atoms with Crippen LogP contribution in [0.5, 0.6) is 0 Å². The van der Waals surface area contributed by atoms with Crippen LogP contribution < -0.4 is 5.73 Å². The molecule has 0 radical (unpaired) electrons. The summed E-state index contributed by atoms with van der Waals surface area (Å²) in [7, 11) is 0. The van der Waals surface area contributed by atoms with Crippen molar-refractivity contribution in [3.63, 3.8) is 0 Å². The van der Waals surface area contributed by atoms with Gasteiger partial charge in [-0.15, -0.1) is 22.9 Å². The van der Waals surface area contributed by atoms with Gasteiger partial charge in [0.1, 0.15) is 11.1 Å². The molecule has 70 valence electrons. The average molecular weight is 223 g/mol. The van der Waals surface area contributed by atoms with E-state index in [1.54, 1.807) is 0 Å². The molecule has 0 aliphatic carbocycles. The number of anilines is 1. The lowest BCUT2D eigenvalue weighted by Gasteiger charge is -1.94. The third kappa shape index (κ3) is 1.33. The van der Waals surface area contributed by atoms with Crippen LogP contribution in [0.3, 0.4) is 0 Å². The highest BCUT2D eigenvalue weighted by molar-refractivity contribution is 7.23. The second-order valence-electron chi connectivity index (χ2n) is 2.92. The maximum Gasteiger partial charge on any atom is 0.105 e. The lowest BCUT2D eigenvalue weighted by Crippen LogP contribution is -1.82. The number of halogens is 1. The smallest absolute Gasteiger partial charge is 0.105 e. The first kappa shape index (κ1) is 9.32. The molecule has 0 aliphatic rings. The fraction of sp³-hybridized carbons (Fsp3) is 0.100. The van der Waals surface area contributed by atoms with Crippen LogP contribution in [-0.2, 0) is 5.88 Å². The van der Waals surface area contributed by atoms with E-state index in [9.17, 15) is 0 Å². The normalized spacial score (nSPS) is 10.3. The molecular formula is C10H7ClN2S. The van der Waals surface area contributed by atoms with Crippen LogP contribution in [0.15, 0.2) is 18.2 Å². The molecule has 0 unspecified atom stereocenters. The second kappa shape index (κ2) is 3.49. The lowest BCUT2D eigenvalue weighted by molar-refractivity contribution is 1.43. The Bertz CT molecular complexity index is 525. The minimum Gasteiger partial charge on any atom is -0.389 e. The SMILES string of the molecule is N#Cc1c(N)sc2cc(CCl)ccc12. The van der Waals surface area contributed by atoms with Gasteiger partial charge in [0.15, 0.2) is 0 Å². The van der Waals surface area contributed by atoms with Gasteiger partial charge in [0.05, 0.1) is 5.56 Å². The van der Waals surface area contributed by atoms with E-state index in [4.69, 9.17) is 22.6 Å². The Hall–Kier alpha value is -1.24. The molecule has 2 rings (SSSR count). The quantitative estimate of drug-likeness (QED) is 0.754. The second-order valence-corrected chi connectivity index (χ2v) is 4.27. The summed E-state index contributed by atoms with van der Waals surface area (Å²) in [4.78, 5) is 0. The summed E-state index contributed by atoms with van der Waals surface area (Å²) in [5, 5.41) is 10.4. The van der Waals surface area contributed by atoms with Crippen molar-refractivity contribution in [3.05, 3.63) is 29.3 Å². The minimum atomic E-state index is 0.482. The minimum absolute atomic E-state index is 0.482. The van der Waals surface area contributed by atoms with Crippen LogP contribution in [0, 0.1) is 11.3 Å². The van der Waals surface area contributed by atoms with Crippen molar-refractivity contribution < 1.29 is 0 Å². The van der Waals surface area contributed by atoms with Crippen LogP contribution in [0.1, 0.15) is 11.1 Å². The number of hydrogen-bond acceptors (Lipinski definition) is 3. The van der Waals surface area contributed by atoms with E-state index in [-0.39, 0.29) is 0 Å². The number of rotatable bonds is 1. The molecule has 2 N–H and O–H groups in total. The molecule has 2 nitrogen and oxygen atoms in total. The van der Waals surface area contributed by atoms with Gasteiger partial charge in [-0.25, -0.2) is 0 Å². The zero-order valence-corrected chi connectivity index (χ0v) is 8.82. The third-order valence-corrected chi connectivity index (χ3v) is 3.34. The van der Waals surface area contributed by atoms with Crippen molar-refractivity contribution in [1.82, 2.24) is 0 Å². The van der Waals surface area contributed by atoms with E-state index in [0.29, 0.717) is 16.4 Å². The van der Waals surface area contributed by atoms with Crippen molar-refractivity contribution in [1.29, 1.82) is 5.26 Å². The zero-order chi connectivity index (χ0) is 10.1. The number of alkyl halides is 1. The molecule has 2 aromatic rings. The fourth-order valence-electron chi connectivity index (χ4n) is 1.36. The molecule has 0 bridgehead atoms. The van der Waals surface area contributed by atoms with Crippen molar-refractivity contribution in [3.8, 4) is 6.07 Å². The average Bonchev–Trinajstić information content (AvgIpc) is 2.51. The van der Waals surface area contributed by atoms with E-state index in [1.165, 1.54) is 11.3 Å². The highest BCUT2D eigenvalue weighted by Gasteiger charge is 2.08. The maximum absolute atomic E-state index is 8.88. The molecular weight excluding hydrogens is 216 g/mol. The van der Waals surface area contributed by atoms with Gasteiger partial charge >= 0.3 is 0 Å². The summed E-state index contributed by atoms with van der Waals surface area (Å²) in [6.45, 7) is 0. The van der Waals surface area contributed by atoms with Crippen molar-refractivity contribution >= 4 is 38.0 Å². The van der Waals surface area contributed by atoms with Crippen molar-refractivity contribution in [2.75, 3.05) is 5.73 Å². The number of benzene rings is 1. The van der Waals surface area contributed by atoms with Crippen LogP contribution in [-0.4, -0.2) is 0 Å². The van der Waals surface area contributed by atoms with Crippen LogP contribution in [0.4, 0.5) is 5.00 Å². The largest absolute Gasteiger partial charge is 0.389 e. The van der Waals surface area contributed by atoms with Gasteiger partial charge in [-0.1, -0.05) is 12.1 Å². The van der Waals surface area contributed by atoms with Crippen LogP contribution in [0.25, 0.3) is 10.1 Å². The predicted octanol–water partition coefficient (Wildman–Crippen LogP) is 3.09. The first-order valence-corrected chi connectivity index (χ1v) is 5.38. The maximum atomic E-state index is 8.88. The zero-order valence-electron chi connectivity index (χ0n) is 7.25. The van der Waals surface area contributed by atoms with E-state index >= 15 is 0 Å². The number of nitrogen functional groups attached to an aromatic ring is 1. The molecule has 1 aromatic heterocycles. The summed E-state index contributed by atoms with van der Waals surface area (Å²) < 4.78 is 1.03. The number of thiophene rings is 1. The lowest BCUT2D eigenvalue weighted by atomic mass is 10.1. The monoisotopic (exact) mass is 222 g/mol. The third-order valence-electron chi connectivity index (χ3n) is 2.05. The standard InChI is InChI=1S/C10H7ClN2S/c11-4-6-1-2-7-8(5-12)10(13)14-9(7)3-6/h1-3H,4,13H2. The Labute approximate surface area is 90.5 Å². The Morgan fingerprint density at radius 2 is 2.29 bits per heavy atom. The summed E-state index contributed by atoms with van der Waals surface area (Å²) in [6, 6.07) is 7.90. The number of fused-ring (bicyclic) bond motifs is 1. The summed E-state index contributed by atoms with van der Waals surface area (Å²) in [5.74, 6) is 0.482. The molecule has 0 spiro atoms. The van der Waals surface area contributed by atoms with Gasteiger partial charge in [0.2, 0.25) is 0 Å². The molecule has 1 heterocycles.